The molecule has 162 valence electrons. The van der Waals surface area contributed by atoms with E-state index < -0.39 is 17.1 Å². The summed E-state index contributed by atoms with van der Waals surface area (Å²) in [6.07, 6.45) is 3.62. The van der Waals surface area contributed by atoms with Gasteiger partial charge < -0.3 is 9.88 Å². The van der Waals surface area contributed by atoms with Gasteiger partial charge in [-0.2, -0.15) is 0 Å². The van der Waals surface area contributed by atoms with Gasteiger partial charge in [0.1, 0.15) is 6.54 Å². The van der Waals surface area contributed by atoms with Crippen LogP contribution in [-0.4, -0.2) is 33.1 Å². The van der Waals surface area contributed by atoms with E-state index in [0.29, 0.717) is 10.6 Å². The Morgan fingerprint density at radius 2 is 1.69 bits per heavy atom. The molecule has 1 N–H and O–H groups in total. The van der Waals surface area contributed by atoms with Crippen molar-refractivity contribution in [2.75, 3.05) is 11.9 Å². The van der Waals surface area contributed by atoms with Gasteiger partial charge in [-0.15, -0.1) is 0 Å². The van der Waals surface area contributed by atoms with E-state index in [0.717, 1.165) is 44.7 Å². The van der Waals surface area contributed by atoms with E-state index >= 15 is 0 Å². The van der Waals surface area contributed by atoms with Crippen LogP contribution in [0.15, 0.2) is 65.7 Å². The van der Waals surface area contributed by atoms with Gasteiger partial charge in [0.15, 0.2) is 0 Å². The van der Waals surface area contributed by atoms with Gasteiger partial charge in [-0.05, 0) is 73.5 Å². The maximum Gasteiger partial charge on any atom is 0.294 e. The summed E-state index contributed by atoms with van der Waals surface area (Å²) in [7, 11) is 0. The zero-order valence-electron chi connectivity index (χ0n) is 18.1. The van der Waals surface area contributed by atoms with Crippen molar-refractivity contribution in [1.29, 1.82) is 0 Å². The molecule has 1 aliphatic rings. The highest BCUT2D eigenvalue weighted by Gasteiger charge is 2.36. The van der Waals surface area contributed by atoms with Crippen molar-refractivity contribution in [3.8, 4) is 5.69 Å². The third-order valence-electron chi connectivity index (χ3n) is 5.29. The smallest absolute Gasteiger partial charge is 0.294 e. The van der Waals surface area contributed by atoms with Gasteiger partial charge in [0, 0.05) is 23.3 Å². The molecule has 2 heterocycles. The van der Waals surface area contributed by atoms with Crippen molar-refractivity contribution in [3.05, 3.63) is 88.1 Å². The first-order chi connectivity index (χ1) is 15.3. The van der Waals surface area contributed by atoms with Crippen LogP contribution in [0, 0.1) is 20.8 Å². The van der Waals surface area contributed by atoms with Crippen LogP contribution in [0.1, 0.15) is 22.4 Å². The molecule has 4 rings (SSSR count). The van der Waals surface area contributed by atoms with Gasteiger partial charge in [0.25, 0.3) is 11.1 Å². The van der Waals surface area contributed by atoms with Crippen LogP contribution in [0.2, 0.25) is 0 Å². The second kappa shape index (κ2) is 8.88. The summed E-state index contributed by atoms with van der Waals surface area (Å²) >= 11 is 0.851. The average molecular weight is 446 g/mol. The van der Waals surface area contributed by atoms with Crippen LogP contribution >= 0.6 is 11.8 Å². The number of thioether (sulfide) groups is 1. The summed E-state index contributed by atoms with van der Waals surface area (Å²) in [5, 5.41) is 2.38. The first-order valence-corrected chi connectivity index (χ1v) is 11.0. The highest BCUT2D eigenvalue weighted by atomic mass is 32.2. The molecule has 0 saturated carbocycles. The summed E-state index contributed by atoms with van der Waals surface area (Å²) in [6.45, 7) is 5.46. The highest BCUT2D eigenvalue weighted by molar-refractivity contribution is 8.18. The lowest BCUT2D eigenvalue weighted by atomic mass is 10.1. The Morgan fingerprint density at radius 3 is 2.38 bits per heavy atom. The number of rotatable bonds is 5. The van der Waals surface area contributed by atoms with Crippen LogP contribution in [0.25, 0.3) is 11.8 Å². The minimum Gasteiger partial charge on any atom is -0.324 e. The van der Waals surface area contributed by atoms with Crippen molar-refractivity contribution in [2.24, 2.45) is 0 Å². The summed E-state index contributed by atoms with van der Waals surface area (Å²) in [5.41, 5.74) is 5.39. The second-order valence-electron chi connectivity index (χ2n) is 7.70. The highest BCUT2D eigenvalue weighted by Crippen LogP contribution is 2.32. The number of carbonyl (C=O) groups is 3. The van der Waals surface area contributed by atoms with Crippen molar-refractivity contribution >= 4 is 40.6 Å². The van der Waals surface area contributed by atoms with Crippen LogP contribution in [0.4, 0.5) is 10.5 Å². The standard InChI is InChI=1S/C25H23N3O3S/c1-16-8-7-9-17(2)23(16)26-22(29)15-28-24(30)21(32-25(28)31)13-19-12-18(3)27(14-19)20-10-5-4-6-11-20/h4-14H,15H2,1-3H3,(H,26,29)/b21-13+. The number of imide groups is 1. The molecular weight excluding hydrogens is 422 g/mol. The zero-order valence-corrected chi connectivity index (χ0v) is 18.9. The third-order valence-corrected chi connectivity index (χ3v) is 6.19. The minimum atomic E-state index is -0.457. The normalized spacial score (nSPS) is 15.0. The summed E-state index contributed by atoms with van der Waals surface area (Å²) in [4.78, 5) is 39.1. The number of nitrogens with one attached hydrogen (secondary N) is 1. The van der Waals surface area contributed by atoms with Crippen molar-refractivity contribution in [2.45, 2.75) is 20.8 Å². The van der Waals surface area contributed by atoms with E-state index in [1.54, 1.807) is 6.08 Å². The zero-order chi connectivity index (χ0) is 22.8. The predicted molar refractivity (Wildman–Crippen MR) is 128 cm³/mol. The van der Waals surface area contributed by atoms with Gasteiger partial charge >= 0.3 is 0 Å². The van der Waals surface area contributed by atoms with E-state index in [1.165, 1.54) is 0 Å². The van der Waals surface area contributed by atoms with Crippen LogP contribution in [0.5, 0.6) is 0 Å². The lowest BCUT2D eigenvalue weighted by Gasteiger charge is -2.15. The quantitative estimate of drug-likeness (QED) is 0.556. The fourth-order valence-electron chi connectivity index (χ4n) is 3.67. The molecule has 0 unspecified atom stereocenters. The van der Waals surface area contributed by atoms with Gasteiger partial charge in [0.05, 0.1) is 4.91 Å². The first kappa shape index (κ1) is 21.6. The van der Waals surface area contributed by atoms with Gasteiger partial charge in [0.2, 0.25) is 5.91 Å². The number of amides is 3. The number of benzene rings is 2. The Kier molecular flexibility index (Phi) is 6.01. The molecule has 1 aromatic heterocycles. The van der Waals surface area contributed by atoms with Gasteiger partial charge in [-0.1, -0.05) is 36.4 Å². The third kappa shape index (κ3) is 4.38. The molecule has 6 nitrogen and oxygen atoms in total. The molecule has 1 aliphatic heterocycles. The van der Waals surface area contributed by atoms with E-state index in [4.69, 9.17) is 0 Å². The molecule has 3 aromatic rings. The molecule has 32 heavy (non-hydrogen) atoms. The summed E-state index contributed by atoms with van der Waals surface area (Å²) in [6, 6.07) is 17.5. The number of nitrogens with zero attached hydrogens (tertiary/aromatic N) is 2. The number of carbonyl (C=O) groups excluding carboxylic acids is 3. The number of hydrogen-bond acceptors (Lipinski definition) is 4. The monoisotopic (exact) mass is 445 g/mol. The molecule has 7 heteroatoms. The summed E-state index contributed by atoms with van der Waals surface area (Å²) < 4.78 is 2.02. The molecule has 1 saturated heterocycles. The van der Waals surface area contributed by atoms with Crippen LogP contribution in [0.3, 0.4) is 0 Å². The molecule has 1 fully saturated rings. The predicted octanol–water partition coefficient (Wildman–Crippen LogP) is 5.08. The Labute approximate surface area is 190 Å². The van der Waals surface area contributed by atoms with Crippen molar-refractivity contribution in [3.63, 3.8) is 0 Å². The minimum absolute atomic E-state index is 0.306. The largest absolute Gasteiger partial charge is 0.324 e. The van der Waals surface area contributed by atoms with E-state index in [2.05, 4.69) is 5.32 Å². The van der Waals surface area contributed by atoms with Gasteiger partial charge in [-0.25, -0.2) is 0 Å². The maximum absolute atomic E-state index is 12.8. The number of aromatic nitrogens is 1. The Morgan fingerprint density at radius 1 is 1.00 bits per heavy atom. The molecule has 0 aliphatic carbocycles. The fraction of sp³-hybridized carbons (Fsp3) is 0.160. The first-order valence-electron chi connectivity index (χ1n) is 10.2. The van der Waals surface area contributed by atoms with E-state index in [9.17, 15) is 14.4 Å². The Balaban J connectivity index is 1.49. The number of aryl methyl sites for hydroxylation is 3. The molecule has 0 atom stereocenters. The molecule has 0 spiro atoms. The van der Waals surface area contributed by atoms with E-state index in [1.807, 2.05) is 86.1 Å². The average Bonchev–Trinajstić information content (AvgIpc) is 3.25. The lowest BCUT2D eigenvalue weighted by Crippen LogP contribution is -2.36. The fourth-order valence-corrected chi connectivity index (χ4v) is 4.50. The molecule has 0 radical (unpaired) electrons. The molecular formula is C25H23N3O3S. The molecule has 0 bridgehead atoms. The van der Waals surface area contributed by atoms with Crippen LogP contribution in [-0.2, 0) is 9.59 Å². The van der Waals surface area contributed by atoms with Crippen molar-refractivity contribution in [1.82, 2.24) is 9.47 Å². The lowest BCUT2D eigenvalue weighted by molar-refractivity contribution is -0.127. The Hall–Kier alpha value is -3.58. The molecule has 2 aromatic carbocycles. The Bertz CT molecular complexity index is 1220. The van der Waals surface area contributed by atoms with Crippen molar-refractivity contribution < 1.29 is 14.4 Å². The van der Waals surface area contributed by atoms with E-state index in [-0.39, 0.29) is 6.54 Å². The van der Waals surface area contributed by atoms with Crippen LogP contribution < -0.4 is 5.32 Å². The maximum atomic E-state index is 12.8. The second-order valence-corrected chi connectivity index (χ2v) is 8.70. The SMILES string of the molecule is Cc1cccc(C)c1NC(=O)CN1C(=O)S/C(=C/c2cc(C)n(-c3ccccc3)c2)C1=O. The topological polar surface area (TPSA) is 71.4 Å². The van der Waals surface area contributed by atoms with Gasteiger partial charge in [-0.3, -0.25) is 19.3 Å². The number of para-hydroxylation sites is 2. The summed E-state index contributed by atoms with van der Waals surface area (Å²) in [5.74, 6) is -0.862. The number of anilines is 1. The number of hydrogen-bond donors (Lipinski definition) is 1. The molecule has 3 amide bonds.